The third-order valence-corrected chi connectivity index (χ3v) is 2.51. The van der Waals surface area contributed by atoms with Crippen LogP contribution in [0.15, 0.2) is 0 Å². The lowest BCUT2D eigenvalue weighted by Gasteiger charge is -2.23. The SMILES string of the molecule is CCCCNCC1(C)CCCO1. The summed E-state index contributed by atoms with van der Waals surface area (Å²) in [6.07, 6.45) is 4.98. The van der Waals surface area contributed by atoms with Gasteiger partial charge in [0.2, 0.25) is 0 Å². The normalized spacial score (nSPS) is 29.5. The Morgan fingerprint density at radius 3 is 2.92 bits per heavy atom. The zero-order valence-corrected chi connectivity index (χ0v) is 8.36. The lowest BCUT2D eigenvalue weighted by atomic mass is 10.0. The molecule has 0 bridgehead atoms. The molecule has 0 spiro atoms. The maximum Gasteiger partial charge on any atom is 0.0779 e. The first-order valence-electron chi connectivity index (χ1n) is 5.11. The summed E-state index contributed by atoms with van der Waals surface area (Å²) in [6.45, 7) is 7.53. The fraction of sp³-hybridized carbons (Fsp3) is 1.00. The molecule has 1 saturated heterocycles. The van der Waals surface area contributed by atoms with E-state index < -0.39 is 0 Å². The molecule has 0 saturated carbocycles. The van der Waals surface area contributed by atoms with E-state index in [1.54, 1.807) is 0 Å². The molecule has 2 nitrogen and oxygen atoms in total. The van der Waals surface area contributed by atoms with Gasteiger partial charge in [-0.15, -0.1) is 0 Å². The van der Waals surface area contributed by atoms with Crippen LogP contribution in [-0.4, -0.2) is 25.3 Å². The van der Waals surface area contributed by atoms with Crippen molar-refractivity contribution in [3.63, 3.8) is 0 Å². The van der Waals surface area contributed by atoms with Crippen LogP contribution in [-0.2, 0) is 4.74 Å². The molecule has 1 heterocycles. The van der Waals surface area contributed by atoms with Crippen molar-refractivity contribution in [2.24, 2.45) is 0 Å². The summed E-state index contributed by atoms with van der Waals surface area (Å²) in [7, 11) is 0. The van der Waals surface area contributed by atoms with E-state index in [2.05, 4.69) is 19.2 Å². The Morgan fingerprint density at radius 2 is 2.33 bits per heavy atom. The van der Waals surface area contributed by atoms with Crippen LogP contribution in [0.2, 0.25) is 0 Å². The van der Waals surface area contributed by atoms with Crippen LogP contribution in [0.3, 0.4) is 0 Å². The molecule has 1 aliphatic heterocycles. The molecule has 0 aromatic carbocycles. The van der Waals surface area contributed by atoms with Crippen LogP contribution in [0.4, 0.5) is 0 Å². The highest BCUT2D eigenvalue weighted by molar-refractivity contribution is 4.82. The fourth-order valence-electron chi connectivity index (χ4n) is 1.63. The summed E-state index contributed by atoms with van der Waals surface area (Å²) in [5.41, 5.74) is 0.133. The monoisotopic (exact) mass is 171 g/mol. The third kappa shape index (κ3) is 3.11. The second-order valence-corrected chi connectivity index (χ2v) is 3.93. The summed E-state index contributed by atoms with van der Waals surface area (Å²) in [5, 5.41) is 3.44. The average molecular weight is 171 g/mol. The van der Waals surface area contributed by atoms with Crippen molar-refractivity contribution in [2.75, 3.05) is 19.7 Å². The van der Waals surface area contributed by atoms with Gasteiger partial charge in [0.15, 0.2) is 0 Å². The number of unbranched alkanes of at least 4 members (excludes halogenated alkanes) is 1. The molecule has 2 heteroatoms. The van der Waals surface area contributed by atoms with Gasteiger partial charge in [0.05, 0.1) is 5.60 Å². The van der Waals surface area contributed by atoms with E-state index in [1.807, 2.05) is 0 Å². The van der Waals surface area contributed by atoms with Crippen molar-refractivity contribution in [2.45, 2.75) is 45.1 Å². The summed E-state index contributed by atoms with van der Waals surface area (Å²) in [5.74, 6) is 0. The van der Waals surface area contributed by atoms with Gasteiger partial charge in [0.1, 0.15) is 0 Å². The van der Waals surface area contributed by atoms with E-state index in [1.165, 1.54) is 25.7 Å². The predicted octanol–water partition coefficient (Wildman–Crippen LogP) is 1.95. The van der Waals surface area contributed by atoms with Gasteiger partial charge in [-0.2, -0.15) is 0 Å². The number of hydrogen-bond acceptors (Lipinski definition) is 2. The van der Waals surface area contributed by atoms with E-state index in [9.17, 15) is 0 Å². The Labute approximate surface area is 75.7 Å². The molecule has 1 unspecified atom stereocenters. The average Bonchev–Trinajstić information content (AvgIpc) is 2.47. The zero-order valence-electron chi connectivity index (χ0n) is 8.36. The first-order valence-corrected chi connectivity index (χ1v) is 5.11. The number of ether oxygens (including phenoxy) is 1. The van der Waals surface area contributed by atoms with Crippen LogP contribution in [0.1, 0.15) is 39.5 Å². The Kier molecular flexibility index (Phi) is 4.02. The van der Waals surface area contributed by atoms with Crippen molar-refractivity contribution < 1.29 is 4.74 Å². The highest BCUT2D eigenvalue weighted by atomic mass is 16.5. The first kappa shape index (κ1) is 10.0. The number of rotatable bonds is 5. The summed E-state index contributed by atoms with van der Waals surface area (Å²) < 4.78 is 5.66. The molecule has 1 atom stereocenters. The van der Waals surface area contributed by atoms with Crippen LogP contribution in [0, 0.1) is 0 Å². The molecule has 0 aromatic rings. The predicted molar refractivity (Wildman–Crippen MR) is 51.4 cm³/mol. The smallest absolute Gasteiger partial charge is 0.0779 e. The van der Waals surface area contributed by atoms with Gasteiger partial charge in [-0.25, -0.2) is 0 Å². The maximum absolute atomic E-state index is 5.66. The molecule has 1 fully saturated rings. The largest absolute Gasteiger partial charge is 0.374 e. The second kappa shape index (κ2) is 4.83. The maximum atomic E-state index is 5.66. The Hall–Kier alpha value is -0.0800. The van der Waals surface area contributed by atoms with Gasteiger partial charge in [-0.1, -0.05) is 13.3 Å². The number of hydrogen-bond donors (Lipinski definition) is 1. The minimum Gasteiger partial charge on any atom is -0.374 e. The quantitative estimate of drug-likeness (QED) is 0.638. The zero-order chi connectivity index (χ0) is 8.86. The van der Waals surface area contributed by atoms with E-state index in [4.69, 9.17) is 4.74 Å². The lowest BCUT2D eigenvalue weighted by molar-refractivity contribution is 0.0210. The van der Waals surface area contributed by atoms with Crippen molar-refractivity contribution >= 4 is 0 Å². The molecule has 0 aromatic heterocycles. The molecule has 1 aliphatic rings. The Balaban J connectivity index is 2.05. The molecule has 0 aliphatic carbocycles. The van der Waals surface area contributed by atoms with E-state index >= 15 is 0 Å². The van der Waals surface area contributed by atoms with Crippen LogP contribution < -0.4 is 5.32 Å². The standard InChI is InChI=1S/C10H21NO/c1-3-4-7-11-9-10(2)6-5-8-12-10/h11H,3-9H2,1-2H3. The molecule has 12 heavy (non-hydrogen) atoms. The highest BCUT2D eigenvalue weighted by Gasteiger charge is 2.28. The van der Waals surface area contributed by atoms with Gasteiger partial charge in [-0.05, 0) is 32.7 Å². The van der Waals surface area contributed by atoms with Gasteiger partial charge < -0.3 is 10.1 Å². The third-order valence-electron chi connectivity index (χ3n) is 2.51. The number of nitrogens with one attached hydrogen (secondary N) is 1. The Bertz CT molecular complexity index is 119. The van der Waals surface area contributed by atoms with Gasteiger partial charge in [0.25, 0.3) is 0 Å². The minimum absolute atomic E-state index is 0.133. The van der Waals surface area contributed by atoms with Gasteiger partial charge in [0, 0.05) is 13.2 Å². The summed E-state index contributed by atoms with van der Waals surface area (Å²) in [6, 6.07) is 0. The van der Waals surface area contributed by atoms with Crippen LogP contribution >= 0.6 is 0 Å². The van der Waals surface area contributed by atoms with Crippen molar-refractivity contribution in [1.29, 1.82) is 0 Å². The molecule has 0 radical (unpaired) electrons. The van der Waals surface area contributed by atoms with Crippen LogP contribution in [0.25, 0.3) is 0 Å². The topological polar surface area (TPSA) is 21.3 Å². The van der Waals surface area contributed by atoms with Gasteiger partial charge in [-0.3, -0.25) is 0 Å². The molecule has 1 rings (SSSR count). The van der Waals surface area contributed by atoms with Gasteiger partial charge >= 0.3 is 0 Å². The first-order chi connectivity index (χ1) is 5.77. The van der Waals surface area contributed by atoms with Crippen molar-refractivity contribution in [3.05, 3.63) is 0 Å². The summed E-state index contributed by atoms with van der Waals surface area (Å²) in [4.78, 5) is 0. The molecule has 1 N–H and O–H groups in total. The molecule has 72 valence electrons. The minimum atomic E-state index is 0.133. The van der Waals surface area contributed by atoms with Crippen LogP contribution in [0.5, 0.6) is 0 Å². The fourth-order valence-corrected chi connectivity index (χ4v) is 1.63. The lowest BCUT2D eigenvalue weighted by Crippen LogP contribution is -2.37. The van der Waals surface area contributed by atoms with E-state index in [-0.39, 0.29) is 5.60 Å². The Morgan fingerprint density at radius 1 is 1.50 bits per heavy atom. The molecular weight excluding hydrogens is 150 g/mol. The van der Waals surface area contributed by atoms with E-state index in [0.717, 1.165) is 19.7 Å². The second-order valence-electron chi connectivity index (χ2n) is 3.93. The molecule has 0 amide bonds. The molecular formula is C10H21NO. The van der Waals surface area contributed by atoms with Crippen molar-refractivity contribution in [1.82, 2.24) is 5.32 Å². The van der Waals surface area contributed by atoms with Crippen molar-refractivity contribution in [3.8, 4) is 0 Å². The summed E-state index contributed by atoms with van der Waals surface area (Å²) >= 11 is 0. The highest BCUT2D eigenvalue weighted by Crippen LogP contribution is 2.23. The van der Waals surface area contributed by atoms with E-state index in [0.29, 0.717) is 0 Å².